The van der Waals surface area contributed by atoms with Gasteiger partial charge in [-0.05, 0) is 41.5 Å². The highest BCUT2D eigenvalue weighted by Crippen LogP contribution is 2.34. The van der Waals surface area contributed by atoms with E-state index in [1.165, 1.54) is 27.4 Å². The van der Waals surface area contributed by atoms with Gasteiger partial charge in [-0.15, -0.1) is 0 Å². The molecule has 0 atom stereocenters. The van der Waals surface area contributed by atoms with Gasteiger partial charge in [0, 0.05) is 12.6 Å². The molecule has 1 amide bonds. The third-order valence-electron chi connectivity index (χ3n) is 4.70. The van der Waals surface area contributed by atoms with Crippen LogP contribution in [0.4, 0.5) is 0 Å². The summed E-state index contributed by atoms with van der Waals surface area (Å²) in [5, 5.41) is 2.38. The first-order chi connectivity index (χ1) is 13.5. The number of carbonyl (C=O) groups excluding carboxylic acids is 1. The molecule has 1 aliphatic heterocycles. The lowest BCUT2D eigenvalue weighted by Crippen LogP contribution is -2.22. The van der Waals surface area contributed by atoms with Crippen molar-refractivity contribution in [3.05, 3.63) is 82.3 Å². The first kappa shape index (κ1) is 18.7. The fourth-order valence-electron chi connectivity index (χ4n) is 3.17. The Balaban J connectivity index is 1.64. The molecule has 5 heteroatoms. The standard InChI is InChI=1S/C23H19NO2S2/c1-15-10-11-20(18(12-15)13-21-22(25)24(2)23(27)28-21)26-14-17-8-5-7-16-6-3-4-9-19(16)17/h3-13H,14H2,1-2H3. The highest BCUT2D eigenvalue weighted by Gasteiger charge is 2.28. The van der Waals surface area contributed by atoms with E-state index in [-0.39, 0.29) is 5.91 Å². The number of amides is 1. The van der Waals surface area contributed by atoms with Crippen LogP contribution in [0.1, 0.15) is 16.7 Å². The van der Waals surface area contributed by atoms with E-state index < -0.39 is 0 Å². The van der Waals surface area contributed by atoms with Gasteiger partial charge in [-0.3, -0.25) is 9.69 Å². The number of nitrogens with zero attached hydrogens (tertiary/aromatic N) is 1. The largest absolute Gasteiger partial charge is 0.488 e. The van der Waals surface area contributed by atoms with Crippen LogP contribution in [0, 0.1) is 6.92 Å². The van der Waals surface area contributed by atoms with Gasteiger partial charge in [0.2, 0.25) is 0 Å². The van der Waals surface area contributed by atoms with Gasteiger partial charge < -0.3 is 4.74 Å². The Morgan fingerprint density at radius 1 is 1.11 bits per heavy atom. The van der Waals surface area contributed by atoms with Gasteiger partial charge in [-0.2, -0.15) is 0 Å². The van der Waals surface area contributed by atoms with E-state index in [4.69, 9.17) is 17.0 Å². The van der Waals surface area contributed by atoms with Crippen molar-refractivity contribution in [2.24, 2.45) is 0 Å². The Kier molecular flexibility index (Phi) is 5.20. The van der Waals surface area contributed by atoms with Crippen LogP contribution in [0.2, 0.25) is 0 Å². The third kappa shape index (κ3) is 3.68. The molecule has 3 nitrogen and oxygen atoms in total. The van der Waals surface area contributed by atoms with Crippen LogP contribution >= 0.6 is 24.0 Å². The summed E-state index contributed by atoms with van der Waals surface area (Å²) < 4.78 is 6.75. The lowest BCUT2D eigenvalue weighted by Gasteiger charge is -2.12. The summed E-state index contributed by atoms with van der Waals surface area (Å²) in [6.07, 6.45) is 1.87. The molecule has 4 rings (SSSR count). The second-order valence-corrected chi connectivity index (χ2v) is 8.38. The second-order valence-electron chi connectivity index (χ2n) is 6.71. The quantitative estimate of drug-likeness (QED) is 0.420. The fourth-order valence-corrected chi connectivity index (χ4v) is 4.34. The van der Waals surface area contributed by atoms with E-state index >= 15 is 0 Å². The van der Waals surface area contributed by atoms with Crippen molar-refractivity contribution >= 4 is 51.1 Å². The molecule has 0 spiro atoms. The molecule has 0 bridgehead atoms. The van der Waals surface area contributed by atoms with Gasteiger partial charge in [0.15, 0.2) is 0 Å². The SMILES string of the molecule is Cc1ccc(OCc2cccc3ccccc23)c(C=C2SC(=S)N(C)C2=O)c1. The van der Waals surface area contributed by atoms with Gasteiger partial charge in [0.25, 0.3) is 5.91 Å². The average molecular weight is 406 g/mol. The number of hydrogen-bond donors (Lipinski definition) is 0. The number of fused-ring (bicyclic) bond motifs is 1. The van der Waals surface area contributed by atoms with Gasteiger partial charge in [0.05, 0.1) is 4.91 Å². The molecule has 1 saturated heterocycles. The summed E-state index contributed by atoms with van der Waals surface area (Å²) in [6.45, 7) is 2.48. The van der Waals surface area contributed by atoms with Crippen LogP contribution in [-0.4, -0.2) is 22.2 Å². The highest BCUT2D eigenvalue weighted by molar-refractivity contribution is 8.26. The van der Waals surface area contributed by atoms with Gasteiger partial charge in [-0.25, -0.2) is 0 Å². The van der Waals surface area contributed by atoms with Gasteiger partial charge in [-0.1, -0.05) is 78.1 Å². The molecule has 1 heterocycles. The minimum atomic E-state index is -0.0727. The third-order valence-corrected chi connectivity index (χ3v) is 6.19. The summed E-state index contributed by atoms with van der Waals surface area (Å²) in [5.74, 6) is 0.677. The maximum absolute atomic E-state index is 12.4. The van der Waals surface area contributed by atoms with Crippen LogP contribution in [0.25, 0.3) is 16.8 Å². The summed E-state index contributed by atoms with van der Waals surface area (Å²) in [7, 11) is 1.70. The molecule has 3 aromatic rings. The first-order valence-electron chi connectivity index (χ1n) is 8.94. The second kappa shape index (κ2) is 7.78. The molecule has 0 radical (unpaired) electrons. The molecular formula is C23H19NO2S2. The zero-order valence-electron chi connectivity index (χ0n) is 15.6. The Bertz CT molecular complexity index is 1120. The number of carbonyl (C=O) groups is 1. The van der Waals surface area contributed by atoms with Crippen molar-refractivity contribution in [1.29, 1.82) is 0 Å². The van der Waals surface area contributed by atoms with E-state index in [1.807, 2.05) is 49.4 Å². The summed E-state index contributed by atoms with van der Waals surface area (Å²) in [5.41, 5.74) is 3.12. The summed E-state index contributed by atoms with van der Waals surface area (Å²) in [6, 6.07) is 20.5. The lowest BCUT2D eigenvalue weighted by atomic mass is 10.1. The van der Waals surface area contributed by atoms with Crippen LogP contribution < -0.4 is 4.74 Å². The van der Waals surface area contributed by atoms with E-state index in [0.717, 1.165) is 22.4 Å². The van der Waals surface area contributed by atoms with E-state index in [9.17, 15) is 4.79 Å². The number of hydrogen-bond acceptors (Lipinski definition) is 4. The van der Waals surface area contributed by atoms with Crippen LogP contribution in [0.3, 0.4) is 0 Å². The molecule has 3 aromatic carbocycles. The van der Waals surface area contributed by atoms with Crippen LogP contribution in [0.15, 0.2) is 65.6 Å². The summed E-state index contributed by atoms with van der Waals surface area (Å²) in [4.78, 5) is 14.5. The maximum atomic E-state index is 12.4. The number of thiocarbonyl (C=S) groups is 1. The molecule has 1 aliphatic rings. The first-order valence-corrected chi connectivity index (χ1v) is 10.2. The molecule has 0 aliphatic carbocycles. The number of aryl methyl sites for hydroxylation is 1. The zero-order chi connectivity index (χ0) is 19.7. The van der Waals surface area contributed by atoms with Gasteiger partial charge in [0.1, 0.15) is 16.7 Å². The monoisotopic (exact) mass is 405 g/mol. The molecule has 140 valence electrons. The minimum Gasteiger partial charge on any atom is -0.488 e. The van der Waals surface area contributed by atoms with Crippen molar-refractivity contribution < 1.29 is 9.53 Å². The minimum absolute atomic E-state index is 0.0727. The van der Waals surface area contributed by atoms with Crippen molar-refractivity contribution in [1.82, 2.24) is 4.90 Å². The Labute approximate surface area is 174 Å². The van der Waals surface area contributed by atoms with E-state index in [2.05, 4.69) is 24.3 Å². The number of benzene rings is 3. The van der Waals surface area contributed by atoms with Gasteiger partial charge >= 0.3 is 0 Å². The molecular weight excluding hydrogens is 386 g/mol. The van der Waals surface area contributed by atoms with Crippen molar-refractivity contribution in [3.63, 3.8) is 0 Å². The Morgan fingerprint density at radius 2 is 1.89 bits per heavy atom. The predicted molar refractivity (Wildman–Crippen MR) is 120 cm³/mol. The number of rotatable bonds is 4. The highest BCUT2D eigenvalue weighted by atomic mass is 32.2. The van der Waals surface area contributed by atoms with Crippen LogP contribution in [-0.2, 0) is 11.4 Å². The lowest BCUT2D eigenvalue weighted by molar-refractivity contribution is -0.121. The molecule has 0 unspecified atom stereocenters. The molecule has 0 aromatic heterocycles. The molecule has 0 N–H and O–H groups in total. The summed E-state index contributed by atoms with van der Waals surface area (Å²) >= 11 is 6.55. The number of thioether (sulfide) groups is 1. The van der Waals surface area contributed by atoms with Crippen molar-refractivity contribution in [3.8, 4) is 5.75 Å². The smallest absolute Gasteiger partial charge is 0.265 e. The zero-order valence-corrected chi connectivity index (χ0v) is 17.3. The number of ether oxygens (including phenoxy) is 1. The maximum Gasteiger partial charge on any atom is 0.265 e. The topological polar surface area (TPSA) is 29.5 Å². The normalized spacial score (nSPS) is 15.6. The van der Waals surface area contributed by atoms with E-state index in [0.29, 0.717) is 15.8 Å². The van der Waals surface area contributed by atoms with Crippen LogP contribution in [0.5, 0.6) is 5.75 Å². The fraction of sp³-hybridized carbons (Fsp3) is 0.130. The average Bonchev–Trinajstić information content (AvgIpc) is 2.94. The van der Waals surface area contributed by atoms with Crippen molar-refractivity contribution in [2.45, 2.75) is 13.5 Å². The predicted octanol–water partition coefficient (Wildman–Crippen LogP) is 5.56. The molecule has 28 heavy (non-hydrogen) atoms. The molecule has 1 fully saturated rings. The number of likely N-dealkylation sites (N-methyl/N-ethyl adjacent to an activating group) is 1. The molecule has 0 saturated carbocycles. The Hall–Kier alpha value is -2.63. The Morgan fingerprint density at radius 3 is 2.68 bits per heavy atom. The van der Waals surface area contributed by atoms with Crippen molar-refractivity contribution in [2.75, 3.05) is 7.05 Å². The van der Waals surface area contributed by atoms with E-state index in [1.54, 1.807) is 7.05 Å².